The van der Waals surface area contributed by atoms with E-state index in [1.807, 2.05) is 29.2 Å². The molecule has 8 heteroatoms. The van der Waals surface area contributed by atoms with Gasteiger partial charge in [-0.2, -0.15) is 0 Å². The molecule has 0 amide bonds. The number of hydrogen-bond acceptors (Lipinski definition) is 5. The van der Waals surface area contributed by atoms with Crippen LogP contribution in [-0.4, -0.2) is 29.1 Å². The van der Waals surface area contributed by atoms with Crippen LogP contribution in [0.4, 0.5) is 21.5 Å². The van der Waals surface area contributed by atoms with E-state index in [2.05, 4.69) is 11.5 Å². The second-order valence-electron chi connectivity index (χ2n) is 9.18. The summed E-state index contributed by atoms with van der Waals surface area (Å²) in [6.45, 7) is 5.22. The number of halogens is 3. The van der Waals surface area contributed by atoms with E-state index in [1.54, 1.807) is 24.3 Å². The Morgan fingerprint density at radius 3 is 2.47 bits per heavy atom. The molecule has 5 nitrogen and oxygen atoms in total. The number of aliphatic hydroxyl groups excluding tert-OH is 1. The highest BCUT2D eigenvalue weighted by Crippen LogP contribution is 2.47. The standard InChI is InChI=1S/C28H26Cl2FN3O2/c1-17(35)14-24-22-6-3-7-23(31)27(22)32-28(34(24)25-16-20(30)8-9-26(25)36)18-10-12-33(13-11-18)21-5-2-4-19(29)15-21/h2-9,15-16,18,24,35-36H,1,10-14H2. The van der Waals surface area contributed by atoms with Crippen LogP contribution < -0.4 is 9.80 Å². The predicted molar refractivity (Wildman–Crippen MR) is 145 cm³/mol. The van der Waals surface area contributed by atoms with Crippen molar-refractivity contribution in [3.8, 4) is 5.75 Å². The SMILES string of the molecule is C=C(O)CC1c2cccc(F)c2N=C(C2CCN(c3cccc(Cl)c3)CC2)N1c1cc(Cl)ccc1O. The van der Waals surface area contributed by atoms with Crippen molar-refractivity contribution < 1.29 is 14.6 Å². The summed E-state index contributed by atoms with van der Waals surface area (Å²) >= 11 is 12.5. The van der Waals surface area contributed by atoms with Crippen molar-refractivity contribution >= 4 is 46.1 Å². The van der Waals surface area contributed by atoms with Gasteiger partial charge in [0.05, 0.1) is 17.5 Å². The molecule has 2 aliphatic rings. The number of aromatic hydroxyl groups is 1. The van der Waals surface area contributed by atoms with Crippen LogP contribution >= 0.6 is 23.2 Å². The normalized spacial score (nSPS) is 18.1. The maximum absolute atomic E-state index is 15.0. The summed E-state index contributed by atoms with van der Waals surface area (Å²) in [5.41, 5.74) is 2.39. The molecular formula is C28H26Cl2FN3O2. The smallest absolute Gasteiger partial charge is 0.149 e. The summed E-state index contributed by atoms with van der Waals surface area (Å²) in [5, 5.41) is 22.2. The van der Waals surface area contributed by atoms with Crippen molar-refractivity contribution in [1.29, 1.82) is 0 Å². The summed E-state index contributed by atoms with van der Waals surface area (Å²) < 4.78 is 15.0. The Balaban J connectivity index is 1.57. The topological polar surface area (TPSA) is 59.3 Å². The van der Waals surface area contributed by atoms with E-state index < -0.39 is 11.9 Å². The van der Waals surface area contributed by atoms with Crippen molar-refractivity contribution in [3.05, 3.63) is 94.4 Å². The molecule has 0 aromatic heterocycles. The van der Waals surface area contributed by atoms with Crippen molar-refractivity contribution in [2.75, 3.05) is 22.9 Å². The van der Waals surface area contributed by atoms with Crippen LogP contribution in [-0.2, 0) is 0 Å². The lowest BCUT2D eigenvalue weighted by Gasteiger charge is -2.43. The Morgan fingerprint density at radius 2 is 1.75 bits per heavy atom. The minimum absolute atomic E-state index is 0.0129. The zero-order valence-electron chi connectivity index (χ0n) is 19.5. The molecule has 2 aliphatic heterocycles. The fourth-order valence-corrected chi connectivity index (χ4v) is 5.50. The predicted octanol–water partition coefficient (Wildman–Crippen LogP) is 7.81. The first-order chi connectivity index (χ1) is 17.3. The number of benzene rings is 3. The molecule has 1 saturated heterocycles. The maximum Gasteiger partial charge on any atom is 0.149 e. The average molecular weight is 526 g/mol. The van der Waals surface area contributed by atoms with Crippen LogP contribution in [0.3, 0.4) is 0 Å². The first-order valence-corrected chi connectivity index (χ1v) is 12.6. The van der Waals surface area contributed by atoms with Crippen molar-refractivity contribution in [1.82, 2.24) is 0 Å². The number of piperidine rings is 1. The van der Waals surface area contributed by atoms with Gasteiger partial charge in [0.1, 0.15) is 23.1 Å². The van der Waals surface area contributed by atoms with Crippen LogP contribution in [0.1, 0.15) is 30.9 Å². The molecule has 0 bridgehead atoms. The lowest BCUT2D eigenvalue weighted by Crippen LogP contribution is -2.46. The molecule has 0 saturated carbocycles. The number of hydrogen-bond donors (Lipinski definition) is 2. The van der Waals surface area contributed by atoms with Gasteiger partial charge in [-0.25, -0.2) is 9.38 Å². The second kappa shape index (κ2) is 10.0. The molecule has 36 heavy (non-hydrogen) atoms. The van der Waals surface area contributed by atoms with Gasteiger partial charge in [-0.15, -0.1) is 0 Å². The largest absolute Gasteiger partial charge is 0.513 e. The maximum atomic E-state index is 15.0. The molecule has 0 radical (unpaired) electrons. The summed E-state index contributed by atoms with van der Waals surface area (Å²) in [7, 11) is 0. The summed E-state index contributed by atoms with van der Waals surface area (Å²) in [5.74, 6) is 0.184. The van der Waals surface area contributed by atoms with Gasteiger partial charge in [-0.05, 0) is 55.3 Å². The number of aliphatic imine (C=N–C) groups is 1. The van der Waals surface area contributed by atoms with E-state index in [0.29, 0.717) is 27.1 Å². The van der Waals surface area contributed by atoms with Crippen molar-refractivity contribution in [2.24, 2.45) is 10.9 Å². The van der Waals surface area contributed by atoms with E-state index in [4.69, 9.17) is 28.2 Å². The van der Waals surface area contributed by atoms with Gasteiger partial charge in [-0.1, -0.05) is 48.0 Å². The number of phenolic OH excluding ortho intramolecular Hbond substituents is 1. The van der Waals surface area contributed by atoms with E-state index in [-0.39, 0.29) is 29.5 Å². The molecule has 3 aromatic carbocycles. The summed E-state index contributed by atoms with van der Waals surface area (Å²) in [6.07, 6.45) is 1.67. The Morgan fingerprint density at radius 1 is 1.03 bits per heavy atom. The molecule has 1 atom stereocenters. The molecule has 0 aliphatic carbocycles. The molecule has 3 aromatic rings. The number of para-hydroxylation sites is 1. The molecule has 2 heterocycles. The van der Waals surface area contributed by atoms with E-state index in [1.165, 1.54) is 12.1 Å². The van der Waals surface area contributed by atoms with E-state index >= 15 is 4.39 Å². The number of fused-ring (bicyclic) bond motifs is 1. The van der Waals surface area contributed by atoms with Gasteiger partial charge >= 0.3 is 0 Å². The Hall–Kier alpha value is -3.22. The minimum Gasteiger partial charge on any atom is -0.513 e. The minimum atomic E-state index is -0.518. The highest BCUT2D eigenvalue weighted by atomic mass is 35.5. The van der Waals surface area contributed by atoms with Crippen LogP contribution in [0.2, 0.25) is 10.0 Å². The second-order valence-corrected chi connectivity index (χ2v) is 10.1. The highest BCUT2D eigenvalue weighted by molar-refractivity contribution is 6.31. The molecule has 2 N–H and O–H groups in total. The number of amidine groups is 1. The van der Waals surface area contributed by atoms with Gasteiger partial charge in [0, 0.05) is 46.7 Å². The van der Waals surface area contributed by atoms with Gasteiger partial charge in [0.15, 0.2) is 0 Å². The van der Waals surface area contributed by atoms with Crippen molar-refractivity contribution in [3.63, 3.8) is 0 Å². The fourth-order valence-electron chi connectivity index (χ4n) is 5.15. The molecule has 186 valence electrons. The van der Waals surface area contributed by atoms with Crippen LogP contribution in [0.25, 0.3) is 0 Å². The van der Waals surface area contributed by atoms with Gasteiger partial charge in [0.25, 0.3) is 0 Å². The van der Waals surface area contributed by atoms with E-state index in [0.717, 1.165) is 31.6 Å². The third kappa shape index (κ3) is 4.75. The molecule has 1 fully saturated rings. The first kappa shape index (κ1) is 24.5. The lowest BCUT2D eigenvalue weighted by atomic mass is 9.89. The van der Waals surface area contributed by atoms with Crippen LogP contribution in [0.5, 0.6) is 5.75 Å². The first-order valence-electron chi connectivity index (χ1n) is 11.8. The third-order valence-electron chi connectivity index (χ3n) is 6.82. The van der Waals surface area contributed by atoms with Gasteiger partial charge in [-0.3, -0.25) is 0 Å². The highest BCUT2D eigenvalue weighted by Gasteiger charge is 2.38. The monoisotopic (exact) mass is 525 g/mol. The summed E-state index contributed by atoms with van der Waals surface area (Å²) in [4.78, 5) is 8.99. The Kier molecular flexibility index (Phi) is 6.82. The summed E-state index contributed by atoms with van der Waals surface area (Å²) in [6, 6.07) is 16.9. The number of rotatable bonds is 5. The zero-order valence-corrected chi connectivity index (χ0v) is 21.1. The van der Waals surface area contributed by atoms with Gasteiger partial charge < -0.3 is 20.0 Å². The van der Waals surface area contributed by atoms with Gasteiger partial charge in [0.2, 0.25) is 0 Å². The zero-order chi connectivity index (χ0) is 25.4. The quantitative estimate of drug-likeness (QED) is 0.333. The van der Waals surface area contributed by atoms with Crippen molar-refractivity contribution in [2.45, 2.75) is 25.3 Å². The molecular weight excluding hydrogens is 500 g/mol. The number of aliphatic hydroxyl groups is 1. The number of anilines is 2. The van der Waals surface area contributed by atoms with E-state index in [9.17, 15) is 10.2 Å². The third-order valence-corrected chi connectivity index (χ3v) is 7.29. The number of nitrogens with zero attached hydrogens (tertiary/aromatic N) is 3. The fraction of sp³-hybridized carbons (Fsp3) is 0.250. The Labute approximate surface area is 219 Å². The van der Waals surface area contributed by atoms with Crippen LogP contribution in [0.15, 0.2) is 78.0 Å². The lowest BCUT2D eigenvalue weighted by molar-refractivity contribution is 0.374. The van der Waals surface area contributed by atoms with Crippen LogP contribution in [0, 0.1) is 11.7 Å². The molecule has 0 spiro atoms. The average Bonchev–Trinajstić information content (AvgIpc) is 2.86. The molecule has 5 rings (SSSR count). The molecule has 1 unspecified atom stereocenters. The Bertz CT molecular complexity index is 1340. The number of phenols is 1.